The van der Waals surface area contributed by atoms with Gasteiger partial charge in [-0.15, -0.1) is 0 Å². The molecule has 0 bridgehead atoms. The van der Waals surface area contributed by atoms with Crippen molar-refractivity contribution in [3.05, 3.63) is 29.6 Å². The summed E-state index contributed by atoms with van der Waals surface area (Å²) in [6.45, 7) is 3.20. The average molecular weight is 262 g/mol. The van der Waals surface area contributed by atoms with Crippen LogP contribution in [0.15, 0.2) is 18.3 Å². The quantitative estimate of drug-likeness (QED) is 0.774. The molecule has 1 amide bonds. The second-order valence-electron chi connectivity index (χ2n) is 4.74. The minimum atomic E-state index is -0.415. The van der Waals surface area contributed by atoms with E-state index in [-0.39, 0.29) is 5.91 Å². The topological polar surface area (TPSA) is 59.5 Å². The zero-order chi connectivity index (χ0) is 13.8. The monoisotopic (exact) mass is 262 g/mol. The summed E-state index contributed by atoms with van der Waals surface area (Å²) in [4.78, 5) is 29.5. The predicted molar refractivity (Wildman–Crippen MR) is 69.4 cm³/mol. The Labute approximate surface area is 112 Å². The molecule has 1 unspecified atom stereocenters. The van der Waals surface area contributed by atoms with Crippen LogP contribution in [0.5, 0.6) is 0 Å². The number of aromatic nitrogens is 1. The zero-order valence-electron chi connectivity index (χ0n) is 11.3. The molecule has 0 radical (unpaired) electrons. The standard InChI is InChI=1S/C14H18N2O3/c1-3-10-7-13(17)16(8-10)9-12-11(14(18)19-2)5-4-6-15-12/h4-6,10H,3,7-9H2,1-2H3. The van der Waals surface area contributed by atoms with Gasteiger partial charge in [0.25, 0.3) is 0 Å². The Morgan fingerprint density at radius 3 is 3.00 bits per heavy atom. The van der Waals surface area contributed by atoms with Crippen LogP contribution in [0.2, 0.25) is 0 Å². The highest BCUT2D eigenvalue weighted by Gasteiger charge is 2.29. The number of esters is 1. The molecule has 0 saturated carbocycles. The van der Waals surface area contributed by atoms with Crippen LogP contribution in [-0.4, -0.2) is 35.4 Å². The average Bonchev–Trinajstić information content (AvgIpc) is 2.79. The molecule has 0 N–H and O–H groups in total. The normalized spacial score (nSPS) is 18.7. The molecule has 1 saturated heterocycles. The van der Waals surface area contributed by atoms with Crippen molar-refractivity contribution in [3.8, 4) is 0 Å². The van der Waals surface area contributed by atoms with Gasteiger partial charge >= 0.3 is 5.97 Å². The first-order valence-electron chi connectivity index (χ1n) is 6.45. The number of rotatable bonds is 4. The van der Waals surface area contributed by atoms with Gasteiger partial charge in [0.2, 0.25) is 5.91 Å². The smallest absolute Gasteiger partial charge is 0.339 e. The number of methoxy groups -OCH3 is 1. The third-order valence-electron chi connectivity index (χ3n) is 3.51. The van der Waals surface area contributed by atoms with Gasteiger partial charge in [-0.05, 0) is 18.1 Å². The summed E-state index contributed by atoms with van der Waals surface area (Å²) in [6.07, 6.45) is 3.21. The molecule has 1 atom stereocenters. The van der Waals surface area contributed by atoms with Crippen molar-refractivity contribution in [1.82, 2.24) is 9.88 Å². The summed E-state index contributed by atoms with van der Waals surface area (Å²) in [6, 6.07) is 3.36. The van der Waals surface area contributed by atoms with Crippen LogP contribution in [0.1, 0.15) is 35.8 Å². The van der Waals surface area contributed by atoms with Gasteiger partial charge in [-0.25, -0.2) is 4.79 Å². The third-order valence-corrected chi connectivity index (χ3v) is 3.51. The number of carbonyl (C=O) groups is 2. The minimum absolute atomic E-state index is 0.133. The van der Waals surface area contributed by atoms with Gasteiger partial charge in [-0.2, -0.15) is 0 Å². The van der Waals surface area contributed by atoms with Crippen molar-refractivity contribution in [2.24, 2.45) is 5.92 Å². The number of pyridine rings is 1. The fraction of sp³-hybridized carbons (Fsp3) is 0.500. The largest absolute Gasteiger partial charge is 0.465 e. The zero-order valence-corrected chi connectivity index (χ0v) is 11.3. The van der Waals surface area contributed by atoms with Crippen LogP contribution >= 0.6 is 0 Å². The first kappa shape index (κ1) is 13.5. The Morgan fingerprint density at radius 1 is 1.58 bits per heavy atom. The molecule has 2 heterocycles. The minimum Gasteiger partial charge on any atom is -0.465 e. The maximum absolute atomic E-state index is 11.9. The maximum Gasteiger partial charge on any atom is 0.339 e. The van der Waals surface area contributed by atoms with E-state index in [1.165, 1.54) is 7.11 Å². The number of amides is 1. The van der Waals surface area contributed by atoms with Gasteiger partial charge in [0, 0.05) is 19.2 Å². The van der Waals surface area contributed by atoms with Crippen molar-refractivity contribution in [3.63, 3.8) is 0 Å². The number of hydrogen-bond acceptors (Lipinski definition) is 4. The van der Waals surface area contributed by atoms with Gasteiger partial charge in [0.1, 0.15) is 0 Å². The number of ether oxygens (including phenoxy) is 1. The molecular weight excluding hydrogens is 244 g/mol. The lowest BCUT2D eigenvalue weighted by Gasteiger charge is -2.17. The van der Waals surface area contributed by atoms with Crippen molar-refractivity contribution < 1.29 is 14.3 Å². The summed E-state index contributed by atoms with van der Waals surface area (Å²) >= 11 is 0. The number of likely N-dealkylation sites (tertiary alicyclic amines) is 1. The van der Waals surface area contributed by atoms with Crippen LogP contribution in [0.3, 0.4) is 0 Å². The number of carbonyl (C=O) groups excluding carboxylic acids is 2. The summed E-state index contributed by atoms with van der Waals surface area (Å²) in [7, 11) is 1.34. The number of hydrogen-bond donors (Lipinski definition) is 0. The predicted octanol–water partition coefficient (Wildman–Crippen LogP) is 1.63. The van der Waals surface area contributed by atoms with Crippen molar-refractivity contribution in [2.45, 2.75) is 26.3 Å². The molecule has 0 spiro atoms. The Balaban J connectivity index is 2.15. The molecule has 1 aliphatic rings. The van der Waals surface area contributed by atoms with E-state index in [4.69, 9.17) is 4.74 Å². The lowest BCUT2D eigenvalue weighted by atomic mass is 10.1. The van der Waals surface area contributed by atoms with Gasteiger partial charge in [-0.1, -0.05) is 13.3 Å². The van der Waals surface area contributed by atoms with Crippen molar-refractivity contribution in [1.29, 1.82) is 0 Å². The van der Waals surface area contributed by atoms with Crippen molar-refractivity contribution in [2.75, 3.05) is 13.7 Å². The van der Waals surface area contributed by atoms with Gasteiger partial charge < -0.3 is 9.64 Å². The SMILES string of the molecule is CCC1CC(=O)N(Cc2ncccc2C(=O)OC)C1. The van der Waals surface area contributed by atoms with E-state index in [0.717, 1.165) is 13.0 Å². The highest BCUT2D eigenvalue weighted by Crippen LogP contribution is 2.22. The molecule has 1 fully saturated rings. The highest BCUT2D eigenvalue weighted by molar-refractivity contribution is 5.90. The molecule has 1 aromatic rings. The molecule has 5 nitrogen and oxygen atoms in total. The molecule has 1 aromatic heterocycles. The maximum atomic E-state index is 11.9. The van der Waals surface area contributed by atoms with E-state index < -0.39 is 5.97 Å². The summed E-state index contributed by atoms with van der Waals surface area (Å²) in [5, 5.41) is 0. The molecule has 5 heteroatoms. The third kappa shape index (κ3) is 2.92. The Bertz CT molecular complexity index is 487. The second kappa shape index (κ2) is 5.82. The van der Waals surface area contributed by atoms with Crippen LogP contribution in [0.4, 0.5) is 0 Å². The van der Waals surface area contributed by atoms with Gasteiger partial charge in [0.15, 0.2) is 0 Å². The fourth-order valence-electron chi connectivity index (χ4n) is 2.32. The van der Waals surface area contributed by atoms with E-state index in [2.05, 4.69) is 11.9 Å². The van der Waals surface area contributed by atoms with Crippen molar-refractivity contribution >= 4 is 11.9 Å². The first-order valence-corrected chi connectivity index (χ1v) is 6.45. The molecule has 19 heavy (non-hydrogen) atoms. The molecule has 0 aliphatic carbocycles. The highest BCUT2D eigenvalue weighted by atomic mass is 16.5. The van der Waals surface area contributed by atoms with Crippen LogP contribution in [0, 0.1) is 5.92 Å². The molecular formula is C14H18N2O3. The van der Waals surface area contributed by atoms with E-state index in [9.17, 15) is 9.59 Å². The lowest BCUT2D eigenvalue weighted by molar-refractivity contribution is -0.128. The van der Waals surface area contributed by atoms with Gasteiger partial charge in [0.05, 0.1) is 24.9 Å². The van der Waals surface area contributed by atoms with E-state index >= 15 is 0 Å². The van der Waals surface area contributed by atoms with E-state index in [0.29, 0.717) is 30.1 Å². The Hall–Kier alpha value is -1.91. The number of nitrogens with zero attached hydrogens (tertiary/aromatic N) is 2. The summed E-state index contributed by atoms with van der Waals surface area (Å²) < 4.78 is 4.73. The fourth-order valence-corrected chi connectivity index (χ4v) is 2.32. The molecule has 1 aliphatic heterocycles. The van der Waals surface area contributed by atoms with Crippen LogP contribution < -0.4 is 0 Å². The molecule has 0 aromatic carbocycles. The summed E-state index contributed by atoms with van der Waals surface area (Å²) in [5.74, 6) is 0.132. The lowest BCUT2D eigenvalue weighted by Crippen LogP contribution is -2.26. The Morgan fingerprint density at radius 2 is 2.37 bits per heavy atom. The van der Waals surface area contributed by atoms with E-state index in [1.54, 1.807) is 23.2 Å². The molecule has 102 valence electrons. The molecule has 2 rings (SSSR count). The van der Waals surface area contributed by atoms with Gasteiger partial charge in [-0.3, -0.25) is 9.78 Å². The summed E-state index contributed by atoms with van der Waals surface area (Å²) in [5.41, 5.74) is 1.03. The van der Waals surface area contributed by atoms with Crippen LogP contribution in [-0.2, 0) is 16.1 Å². The first-order chi connectivity index (χ1) is 9.15. The Kier molecular flexibility index (Phi) is 4.14. The van der Waals surface area contributed by atoms with Crippen LogP contribution in [0.25, 0.3) is 0 Å². The second-order valence-corrected chi connectivity index (χ2v) is 4.74. The van der Waals surface area contributed by atoms with E-state index in [1.807, 2.05) is 0 Å².